The summed E-state index contributed by atoms with van der Waals surface area (Å²) in [5.74, 6) is 0.156. The Kier molecular flexibility index (Phi) is 2.40. The summed E-state index contributed by atoms with van der Waals surface area (Å²) in [4.78, 5) is 0. The Morgan fingerprint density at radius 3 is 2.80 bits per heavy atom. The summed E-state index contributed by atoms with van der Waals surface area (Å²) in [7, 11) is 2.01. The molecule has 1 unspecified atom stereocenters. The van der Waals surface area contributed by atoms with Gasteiger partial charge in [0, 0.05) is 35.2 Å². The Balaban J connectivity index is 2.63. The number of benzene rings is 1. The number of nitrogens with zero attached hydrogens (tertiary/aromatic N) is 1. The lowest BCUT2D eigenvalue weighted by molar-refractivity contribution is 0.269. The molecule has 0 saturated carbocycles. The van der Waals surface area contributed by atoms with E-state index in [0.717, 1.165) is 22.3 Å². The molecular formula is C12H16N2O. The minimum absolute atomic E-state index is 0.156. The van der Waals surface area contributed by atoms with Crippen LogP contribution in [0.4, 0.5) is 5.69 Å². The Morgan fingerprint density at radius 1 is 1.40 bits per heavy atom. The van der Waals surface area contributed by atoms with Gasteiger partial charge in [-0.3, -0.25) is 0 Å². The van der Waals surface area contributed by atoms with E-state index in [-0.39, 0.29) is 12.5 Å². The van der Waals surface area contributed by atoms with E-state index in [1.54, 1.807) is 0 Å². The van der Waals surface area contributed by atoms with Crippen molar-refractivity contribution in [1.82, 2.24) is 4.57 Å². The number of anilines is 1. The third-order valence-electron chi connectivity index (χ3n) is 2.88. The standard InChI is InChI=1S/C12H16N2O/c1-8(7-15)12-6-9-5-10(13)3-4-11(9)14(12)2/h3-6,8,15H,7,13H2,1-2H3. The molecule has 0 aliphatic carbocycles. The van der Waals surface area contributed by atoms with Crippen molar-refractivity contribution in [3.05, 3.63) is 30.0 Å². The molecule has 80 valence electrons. The van der Waals surface area contributed by atoms with E-state index in [2.05, 4.69) is 10.6 Å². The zero-order valence-electron chi connectivity index (χ0n) is 9.07. The summed E-state index contributed by atoms with van der Waals surface area (Å²) in [6.07, 6.45) is 0. The smallest absolute Gasteiger partial charge is 0.0511 e. The largest absolute Gasteiger partial charge is 0.399 e. The molecule has 1 aromatic heterocycles. The second-order valence-electron chi connectivity index (χ2n) is 4.03. The minimum Gasteiger partial charge on any atom is -0.399 e. The van der Waals surface area contributed by atoms with Crippen LogP contribution in [-0.2, 0) is 7.05 Å². The topological polar surface area (TPSA) is 51.2 Å². The number of aliphatic hydroxyl groups excluding tert-OH is 1. The van der Waals surface area contributed by atoms with Crippen LogP contribution in [0, 0.1) is 0 Å². The van der Waals surface area contributed by atoms with Gasteiger partial charge < -0.3 is 15.4 Å². The maximum atomic E-state index is 9.15. The van der Waals surface area contributed by atoms with Crippen LogP contribution in [0.1, 0.15) is 18.5 Å². The highest BCUT2D eigenvalue weighted by Gasteiger charge is 2.11. The summed E-state index contributed by atoms with van der Waals surface area (Å²) in [6.45, 7) is 2.18. The van der Waals surface area contributed by atoms with Crippen LogP contribution in [0.15, 0.2) is 24.3 Å². The zero-order valence-corrected chi connectivity index (χ0v) is 9.07. The van der Waals surface area contributed by atoms with Gasteiger partial charge in [-0.2, -0.15) is 0 Å². The van der Waals surface area contributed by atoms with Gasteiger partial charge in [0.05, 0.1) is 6.61 Å². The lowest BCUT2D eigenvalue weighted by Crippen LogP contribution is -2.04. The summed E-state index contributed by atoms with van der Waals surface area (Å²) >= 11 is 0. The van der Waals surface area contributed by atoms with E-state index in [9.17, 15) is 0 Å². The van der Waals surface area contributed by atoms with Gasteiger partial charge in [0.25, 0.3) is 0 Å². The van der Waals surface area contributed by atoms with E-state index in [1.807, 2.05) is 32.2 Å². The summed E-state index contributed by atoms with van der Waals surface area (Å²) in [5, 5.41) is 10.3. The number of aliphatic hydroxyl groups is 1. The highest BCUT2D eigenvalue weighted by atomic mass is 16.3. The fraction of sp³-hybridized carbons (Fsp3) is 0.333. The van der Waals surface area contributed by atoms with Crippen LogP contribution in [0.2, 0.25) is 0 Å². The monoisotopic (exact) mass is 204 g/mol. The average molecular weight is 204 g/mol. The van der Waals surface area contributed by atoms with Crippen molar-refractivity contribution in [3.8, 4) is 0 Å². The minimum atomic E-state index is 0.156. The Bertz CT molecular complexity index is 488. The lowest BCUT2D eigenvalue weighted by atomic mass is 10.1. The van der Waals surface area contributed by atoms with Gasteiger partial charge in [-0.15, -0.1) is 0 Å². The van der Waals surface area contributed by atoms with Crippen LogP contribution >= 0.6 is 0 Å². The molecule has 1 heterocycles. The molecule has 0 fully saturated rings. The molecule has 0 saturated heterocycles. The van der Waals surface area contributed by atoms with Crippen molar-refractivity contribution >= 4 is 16.6 Å². The van der Waals surface area contributed by atoms with Crippen molar-refractivity contribution in [2.75, 3.05) is 12.3 Å². The molecule has 2 rings (SSSR count). The van der Waals surface area contributed by atoms with Crippen LogP contribution < -0.4 is 5.73 Å². The van der Waals surface area contributed by atoms with Crippen LogP contribution in [0.25, 0.3) is 10.9 Å². The molecule has 1 atom stereocenters. The molecule has 3 N–H and O–H groups in total. The number of hydrogen-bond acceptors (Lipinski definition) is 2. The number of aryl methyl sites for hydroxylation is 1. The van der Waals surface area contributed by atoms with Crippen LogP contribution in [0.3, 0.4) is 0 Å². The van der Waals surface area contributed by atoms with E-state index in [0.29, 0.717) is 0 Å². The maximum absolute atomic E-state index is 9.15. The number of nitrogen functional groups attached to an aromatic ring is 1. The molecule has 0 radical (unpaired) electrons. The van der Waals surface area contributed by atoms with Crippen molar-refractivity contribution in [1.29, 1.82) is 0 Å². The summed E-state index contributed by atoms with van der Waals surface area (Å²) in [5.41, 5.74) is 8.80. The van der Waals surface area contributed by atoms with Gasteiger partial charge in [-0.05, 0) is 24.3 Å². The van der Waals surface area contributed by atoms with Gasteiger partial charge in [0.1, 0.15) is 0 Å². The van der Waals surface area contributed by atoms with Gasteiger partial charge >= 0.3 is 0 Å². The fourth-order valence-corrected chi connectivity index (χ4v) is 1.96. The fourth-order valence-electron chi connectivity index (χ4n) is 1.96. The third-order valence-corrected chi connectivity index (χ3v) is 2.88. The summed E-state index contributed by atoms with van der Waals surface area (Å²) < 4.78 is 2.11. The molecule has 1 aromatic carbocycles. The molecule has 0 bridgehead atoms. The van der Waals surface area contributed by atoms with Crippen molar-refractivity contribution < 1.29 is 5.11 Å². The molecule has 3 heteroatoms. The first-order valence-electron chi connectivity index (χ1n) is 5.09. The maximum Gasteiger partial charge on any atom is 0.0511 e. The van der Waals surface area contributed by atoms with Crippen LogP contribution in [0.5, 0.6) is 0 Å². The number of nitrogens with two attached hydrogens (primary N) is 1. The second-order valence-corrected chi connectivity index (χ2v) is 4.03. The quantitative estimate of drug-likeness (QED) is 0.733. The number of hydrogen-bond donors (Lipinski definition) is 2. The lowest BCUT2D eigenvalue weighted by Gasteiger charge is -2.09. The number of fused-ring (bicyclic) bond motifs is 1. The van der Waals surface area contributed by atoms with E-state index in [1.165, 1.54) is 0 Å². The Morgan fingerprint density at radius 2 is 2.13 bits per heavy atom. The SMILES string of the molecule is CC(CO)c1cc2cc(N)ccc2n1C. The first-order chi connectivity index (χ1) is 7.13. The first-order valence-corrected chi connectivity index (χ1v) is 5.09. The van der Waals surface area contributed by atoms with Gasteiger partial charge in [0.15, 0.2) is 0 Å². The van der Waals surface area contributed by atoms with E-state index < -0.39 is 0 Å². The zero-order chi connectivity index (χ0) is 11.0. The first kappa shape index (κ1) is 10.1. The van der Waals surface area contributed by atoms with E-state index in [4.69, 9.17) is 10.8 Å². The molecule has 15 heavy (non-hydrogen) atoms. The van der Waals surface area contributed by atoms with Gasteiger partial charge in [0.2, 0.25) is 0 Å². The average Bonchev–Trinajstić information content (AvgIpc) is 2.54. The normalized spacial score (nSPS) is 13.3. The molecule has 0 amide bonds. The van der Waals surface area contributed by atoms with Crippen molar-refractivity contribution in [3.63, 3.8) is 0 Å². The highest BCUT2D eigenvalue weighted by Crippen LogP contribution is 2.25. The molecular weight excluding hydrogens is 188 g/mol. The molecule has 0 aliphatic heterocycles. The molecule has 3 nitrogen and oxygen atoms in total. The highest BCUT2D eigenvalue weighted by molar-refractivity contribution is 5.84. The van der Waals surface area contributed by atoms with Gasteiger partial charge in [-0.25, -0.2) is 0 Å². The second kappa shape index (κ2) is 3.59. The molecule has 0 spiro atoms. The summed E-state index contributed by atoms with van der Waals surface area (Å²) in [6, 6.07) is 7.96. The third kappa shape index (κ3) is 1.59. The number of aromatic nitrogens is 1. The predicted molar refractivity (Wildman–Crippen MR) is 62.8 cm³/mol. The van der Waals surface area contributed by atoms with Crippen LogP contribution in [-0.4, -0.2) is 16.3 Å². The van der Waals surface area contributed by atoms with Gasteiger partial charge in [-0.1, -0.05) is 6.92 Å². The van der Waals surface area contributed by atoms with E-state index >= 15 is 0 Å². The number of rotatable bonds is 2. The Hall–Kier alpha value is -1.48. The Labute approximate surface area is 89.1 Å². The molecule has 2 aromatic rings. The van der Waals surface area contributed by atoms with Crippen molar-refractivity contribution in [2.24, 2.45) is 7.05 Å². The predicted octanol–water partition coefficient (Wildman–Crippen LogP) is 1.86. The van der Waals surface area contributed by atoms with Crippen molar-refractivity contribution in [2.45, 2.75) is 12.8 Å². The molecule has 0 aliphatic rings.